The molecule has 1 aliphatic carbocycles. The second-order valence-electron chi connectivity index (χ2n) is 6.12. The standard InChI is InChI=1S/C18H17N3O3/c22-11-4-6-13-10(8-11)2-1-3-14(13)18(24)19-17-15-7-5-12(23)9-16(15)20-21-17/h4-9,14,22-23H,1-3H2,(H2,19,20,21,24). The molecule has 1 aliphatic rings. The summed E-state index contributed by atoms with van der Waals surface area (Å²) in [7, 11) is 0. The number of carbonyl (C=O) groups is 1. The average Bonchev–Trinajstić information content (AvgIpc) is 2.95. The number of aromatic hydroxyl groups is 2. The minimum atomic E-state index is -0.252. The van der Waals surface area contributed by atoms with Gasteiger partial charge in [-0.1, -0.05) is 6.07 Å². The Morgan fingerprint density at radius 2 is 1.96 bits per heavy atom. The molecule has 2 aromatic carbocycles. The maximum atomic E-state index is 12.7. The number of aryl methyl sites for hydroxylation is 1. The predicted octanol–water partition coefficient (Wildman–Crippen LogP) is 3.03. The molecule has 6 heteroatoms. The normalized spacial score (nSPS) is 16.8. The number of amides is 1. The second-order valence-corrected chi connectivity index (χ2v) is 6.12. The van der Waals surface area contributed by atoms with Crippen LogP contribution in [0.3, 0.4) is 0 Å². The zero-order chi connectivity index (χ0) is 16.7. The van der Waals surface area contributed by atoms with E-state index in [1.165, 1.54) is 0 Å². The lowest BCUT2D eigenvalue weighted by atomic mass is 9.82. The number of carbonyl (C=O) groups excluding carboxylic acids is 1. The number of fused-ring (bicyclic) bond motifs is 2. The van der Waals surface area contributed by atoms with Gasteiger partial charge in [0.25, 0.3) is 0 Å². The van der Waals surface area contributed by atoms with E-state index in [1.54, 1.807) is 30.3 Å². The third kappa shape index (κ3) is 2.46. The number of phenolic OH excluding ortho intramolecular Hbond substituents is 2. The van der Waals surface area contributed by atoms with E-state index in [0.717, 1.165) is 35.8 Å². The summed E-state index contributed by atoms with van der Waals surface area (Å²) in [5, 5.41) is 29.7. The molecule has 0 radical (unpaired) electrons. The number of anilines is 1. The van der Waals surface area contributed by atoms with Crippen LogP contribution in [0, 0.1) is 0 Å². The van der Waals surface area contributed by atoms with Crippen molar-refractivity contribution < 1.29 is 15.0 Å². The molecule has 1 atom stereocenters. The smallest absolute Gasteiger partial charge is 0.233 e. The molecular formula is C18H17N3O3. The van der Waals surface area contributed by atoms with Crippen LogP contribution < -0.4 is 5.32 Å². The van der Waals surface area contributed by atoms with Crippen molar-refractivity contribution >= 4 is 22.6 Å². The molecule has 4 N–H and O–H groups in total. The van der Waals surface area contributed by atoms with Crippen LogP contribution >= 0.6 is 0 Å². The van der Waals surface area contributed by atoms with Gasteiger partial charge >= 0.3 is 0 Å². The van der Waals surface area contributed by atoms with Crippen LogP contribution in [0.5, 0.6) is 11.5 Å². The van der Waals surface area contributed by atoms with Crippen LogP contribution in [-0.4, -0.2) is 26.3 Å². The summed E-state index contributed by atoms with van der Waals surface area (Å²) in [4.78, 5) is 12.7. The molecule has 0 spiro atoms. The van der Waals surface area contributed by atoms with Gasteiger partial charge in [-0.15, -0.1) is 0 Å². The maximum absolute atomic E-state index is 12.7. The van der Waals surface area contributed by atoms with Gasteiger partial charge in [0.2, 0.25) is 5.91 Å². The molecule has 0 bridgehead atoms. The van der Waals surface area contributed by atoms with Gasteiger partial charge in [0.1, 0.15) is 11.5 Å². The summed E-state index contributed by atoms with van der Waals surface area (Å²) >= 11 is 0. The zero-order valence-corrected chi connectivity index (χ0v) is 12.9. The lowest BCUT2D eigenvalue weighted by molar-refractivity contribution is -0.117. The van der Waals surface area contributed by atoms with E-state index in [2.05, 4.69) is 15.5 Å². The first-order chi connectivity index (χ1) is 11.6. The molecule has 1 aromatic heterocycles. The van der Waals surface area contributed by atoms with Gasteiger partial charge in [0.15, 0.2) is 5.82 Å². The highest BCUT2D eigenvalue weighted by Crippen LogP contribution is 2.35. The third-order valence-corrected chi connectivity index (χ3v) is 4.55. The Kier molecular flexibility index (Phi) is 3.37. The summed E-state index contributed by atoms with van der Waals surface area (Å²) < 4.78 is 0. The number of phenols is 2. The van der Waals surface area contributed by atoms with E-state index in [4.69, 9.17) is 0 Å². The monoisotopic (exact) mass is 323 g/mol. The van der Waals surface area contributed by atoms with Crippen molar-refractivity contribution in [3.63, 3.8) is 0 Å². The van der Waals surface area contributed by atoms with Crippen molar-refractivity contribution in [2.24, 2.45) is 0 Å². The van der Waals surface area contributed by atoms with E-state index < -0.39 is 0 Å². The summed E-state index contributed by atoms with van der Waals surface area (Å²) in [6.07, 6.45) is 2.55. The van der Waals surface area contributed by atoms with Crippen LogP contribution in [0.1, 0.15) is 29.9 Å². The number of benzene rings is 2. The van der Waals surface area contributed by atoms with Crippen molar-refractivity contribution in [1.29, 1.82) is 0 Å². The maximum Gasteiger partial charge on any atom is 0.233 e. The van der Waals surface area contributed by atoms with Gasteiger partial charge in [-0.3, -0.25) is 9.89 Å². The van der Waals surface area contributed by atoms with Crippen molar-refractivity contribution in [3.8, 4) is 11.5 Å². The van der Waals surface area contributed by atoms with Crippen molar-refractivity contribution in [2.45, 2.75) is 25.2 Å². The molecule has 0 aliphatic heterocycles. The quantitative estimate of drug-likeness (QED) is 0.582. The van der Waals surface area contributed by atoms with Gasteiger partial charge in [0, 0.05) is 11.5 Å². The number of aromatic amines is 1. The Morgan fingerprint density at radius 3 is 2.83 bits per heavy atom. The topological polar surface area (TPSA) is 98.2 Å². The molecule has 24 heavy (non-hydrogen) atoms. The first kappa shape index (κ1) is 14.6. The number of hydrogen-bond donors (Lipinski definition) is 4. The van der Waals surface area contributed by atoms with Gasteiger partial charge in [-0.25, -0.2) is 0 Å². The van der Waals surface area contributed by atoms with E-state index in [9.17, 15) is 15.0 Å². The number of H-pyrrole nitrogens is 1. The molecule has 6 nitrogen and oxygen atoms in total. The molecule has 3 aromatic rings. The minimum Gasteiger partial charge on any atom is -0.508 e. The minimum absolute atomic E-state index is 0.108. The van der Waals surface area contributed by atoms with Crippen LogP contribution in [-0.2, 0) is 11.2 Å². The van der Waals surface area contributed by atoms with Crippen LogP contribution in [0.15, 0.2) is 36.4 Å². The summed E-state index contributed by atoms with van der Waals surface area (Å²) in [5.41, 5.74) is 2.66. The number of nitrogens with zero attached hydrogens (tertiary/aromatic N) is 1. The molecular weight excluding hydrogens is 306 g/mol. The summed E-state index contributed by atoms with van der Waals surface area (Å²) in [6, 6.07) is 10.0. The molecule has 1 heterocycles. The van der Waals surface area contributed by atoms with Gasteiger partial charge in [-0.2, -0.15) is 5.10 Å². The Hall–Kier alpha value is -3.02. The number of hydrogen-bond acceptors (Lipinski definition) is 4. The first-order valence-electron chi connectivity index (χ1n) is 7.91. The number of rotatable bonds is 2. The van der Waals surface area contributed by atoms with E-state index in [1.807, 2.05) is 6.07 Å². The largest absolute Gasteiger partial charge is 0.508 e. The average molecular weight is 323 g/mol. The fourth-order valence-electron chi connectivity index (χ4n) is 3.38. The highest BCUT2D eigenvalue weighted by atomic mass is 16.3. The zero-order valence-electron chi connectivity index (χ0n) is 12.9. The summed E-state index contributed by atoms with van der Waals surface area (Å²) in [6.45, 7) is 0. The fraction of sp³-hybridized carbons (Fsp3) is 0.222. The number of nitrogens with one attached hydrogen (secondary N) is 2. The van der Waals surface area contributed by atoms with E-state index >= 15 is 0 Å². The van der Waals surface area contributed by atoms with E-state index in [0.29, 0.717) is 11.3 Å². The SMILES string of the molecule is O=C(Nc1n[nH]c2cc(O)ccc12)C1CCCc2cc(O)ccc21. The second kappa shape index (κ2) is 5.56. The van der Waals surface area contributed by atoms with Gasteiger partial charge in [0.05, 0.1) is 11.4 Å². The van der Waals surface area contributed by atoms with Crippen LogP contribution in [0.2, 0.25) is 0 Å². The summed E-state index contributed by atoms with van der Waals surface area (Å²) in [5.74, 6) is 0.472. The molecule has 4 rings (SSSR count). The molecule has 0 saturated heterocycles. The van der Waals surface area contributed by atoms with Gasteiger partial charge in [-0.05, 0) is 54.7 Å². The Labute approximate surface area is 138 Å². The highest BCUT2D eigenvalue weighted by molar-refractivity contribution is 6.02. The lowest BCUT2D eigenvalue weighted by Gasteiger charge is -2.24. The molecule has 1 unspecified atom stereocenters. The van der Waals surface area contributed by atoms with Gasteiger partial charge < -0.3 is 15.5 Å². The predicted molar refractivity (Wildman–Crippen MR) is 90.2 cm³/mol. The van der Waals surface area contributed by atoms with E-state index in [-0.39, 0.29) is 23.3 Å². The Bertz CT molecular complexity index is 932. The van der Waals surface area contributed by atoms with Crippen molar-refractivity contribution in [3.05, 3.63) is 47.5 Å². The fourth-order valence-corrected chi connectivity index (χ4v) is 3.38. The Balaban J connectivity index is 1.63. The molecule has 0 saturated carbocycles. The van der Waals surface area contributed by atoms with Crippen molar-refractivity contribution in [1.82, 2.24) is 10.2 Å². The third-order valence-electron chi connectivity index (χ3n) is 4.55. The molecule has 122 valence electrons. The lowest BCUT2D eigenvalue weighted by Crippen LogP contribution is -2.25. The highest BCUT2D eigenvalue weighted by Gasteiger charge is 2.27. The van der Waals surface area contributed by atoms with Crippen LogP contribution in [0.25, 0.3) is 10.9 Å². The Morgan fingerprint density at radius 1 is 1.17 bits per heavy atom. The molecule has 0 fully saturated rings. The van der Waals surface area contributed by atoms with Crippen LogP contribution in [0.4, 0.5) is 5.82 Å². The molecule has 1 amide bonds. The van der Waals surface area contributed by atoms with Crippen molar-refractivity contribution in [2.75, 3.05) is 5.32 Å². The first-order valence-corrected chi connectivity index (χ1v) is 7.91. The number of aromatic nitrogens is 2.